The summed E-state index contributed by atoms with van der Waals surface area (Å²) in [5.41, 5.74) is 4.92. The van der Waals surface area contributed by atoms with Gasteiger partial charge in [0.15, 0.2) is 0 Å². The summed E-state index contributed by atoms with van der Waals surface area (Å²) < 4.78 is 16.5. The Labute approximate surface area is 275 Å². The highest BCUT2D eigenvalue weighted by Gasteiger charge is 2.36. The number of halogens is 1. The molecular formula is C37H44FN7O2. The average molecular weight is 638 g/mol. The number of hydrogen-bond donors (Lipinski definition) is 3. The largest absolute Gasteiger partial charge is 0.478 e. The van der Waals surface area contributed by atoms with Gasteiger partial charge in [0, 0.05) is 43.0 Å². The topological polar surface area (TPSA) is 108 Å². The van der Waals surface area contributed by atoms with Crippen molar-refractivity contribution in [1.29, 1.82) is 0 Å². The molecule has 2 aliphatic heterocycles. The molecule has 9 nitrogen and oxygen atoms in total. The van der Waals surface area contributed by atoms with Crippen LogP contribution in [0.2, 0.25) is 0 Å². The Morgan fingerprint density at radius 2 is 1.74 bits per heavy atom. The van der Waals surface area contributed by atoms with Crippen molar-refractivity contribution in [2.75, 3.05) is 17.2 Å². The fourth-order valence-electron chi connectivity index (χ4n) is 8.01. The Bertz CT molecular complexity index is 1710. The third kappa shape index (κ3) is 6.74. The standard InChI is InChI=1S/C37H44FN7O2/c1-23(25-14-16-30(36(46)47)32(38)19-25)40-37-42-33-17-15-26(24-8-4-3-5-9-24)18-31(33)35(43-37)41-34(27-20-39-44(2)21-27)22-45-28-10-6-11-29(45)13-7-12-28/h3-5,8-9,14,16,19-21,23,26,28-29,34H,6-7,10-13,15,17-18,22H2,1-2H3,(H,46,47)(H2,40,41,42,43)/t23-,26-,28?,29?,34+/m1/s1. The maximum atomic E-state index is 14.6. The van der Waals surface area contributed by atoms with Gasteiger partial charge in [0.2, 0.25) is 5.95 Å². The van der Waals surface area contributed by atoms with E-state index in [1.165, 1.54) is 56.2 Å². The number of aromatic carboxylic acids is 1. The van der Waals surface area contributed by atoms with Crippen LogP contribution in [-0.4, -0.2) is 54.4 Å². The van der Waals surface area contributed by atoms with Crippen LogP contribution in [0.25, 0.3) is 0 Å². The molecule has 0 radical (unpaired) electrons. The van der Waals surface area contributed by atoms with Crippen LogP contribution < -0.4 is 10.6 Å². The van der Waals surface area contributed by atoms with Crippen molar-refractivity contribution in [3.05, 3.63) is 100 Å². The number of aromatic nitrogens is 4. The molecule has 4 aromatic rings. The Hall–Kier alpha value is -4.31. The molecule has 3 N–H and O–H groups in total. The van der Waals surface area contributed by atoms with Crippen LogP contribution in [0, 0.1) is 5.82 Å². The number of benzene rings is 2. The number of piperidine rings is 2. The maximum absolute atomic E-state index is 14.6. The first-order valence-electron chi connectivity index (χ1n) is 17.1. The van der Waals surface area contributed by atoms with Gasteiger partial charge < -0.3 is 15.7 Å². The number of carbonyl (C=O) groups is 1. The molecule has 0 saturated carbocycles. The second kappa shape index (κ2) is 13.4. The summed E-state index contributed by atoms with van der Waals surface area (Å²) in [6.45, 7) is 2.79. The molecule has 0 spiro atoms. The summed E-state index contributed by atoms with van der Waals surface area (Å²) in [5, 5.41) is 21.1. The minimum Gasteiger partial charge on any atom is -0.478 e. The third-order valence-corrected chi connectivity index (χ3v) is 10.5. The van der Waals surface area contributed by atoms with Crippen LogP contribution >= 0.6 is 0 Å². The number of rotatable bonds is 10. The van der Waals surface area contributed by atoms with Gasteiger partial charge in [0.25, 0.3) is 0 Å². The summed E-state index contributed by atoms with van der Waals surface area (Å²) >= 11 is 0. The van der Waals surface area contributed by atoms with E-state index in [4.69, 9.17) is 9.97 Å². The zero-order valence-electron chi connectivity index (χ0n) is 27.2. The summed E-state index contributed by atoms with van der Waals surface area (Å²) in [5.74, 6) is -0.368. The number of carboxylic acids is 1. The highest BCUT2D eigenvalue weighted by atomic mass is 19.1. The predicted molar refractivity (Wildman–Crippen MR) is 180 cm³/mol. The van der Waals surface area contributed by atoms with Crippen molar-refractivity contribution >= 4 is 17.7 Å². The van der Waals surface area contributed by atoms with E-state index in [0.717, 1.165) is 48.4 Å². The van der Waals surface area contributed by atoms with E-state index in [9.17, 15) is 14.3 Å². The van der Waals surface area contributed by atoms with Crippen molar-refractivity contribution in [3.63, 3.8) is 0 Å². The minimum absolute atomic E-state index is 0.0102. The Morgan fingerprint density at radius 3 is 2.40 bits per heavy atom. The zero-order valence-corrected chi connectivity index (χ0v) is 27.2. The molecule has 3 atom stereocenters. The first-order valence-corrected chi connectivity index (χ1v) is 17.1. The van der Waals surface area contributed by atoms with Gasteiger partial charge in [0.1, 0.15) is 11.6 Å². The van der Waals surface area contributed by atoms with Crippen LogP contribution in [0.5, 0.6) is 0 Å². The fourth-order valence-corrected chi connectivity index (χ4v) is 8.01. The highest BCUT2D eigenvalue weighted by Crippen LogP contribution is 2.39. The van der Waals surface area contributed by atoms with Gasteiger partial charge in [-0.05, 0) is 81.0 Å². The first kappa shape index (κ1) is 31.3. The van der Waals surface area contributed by atoms with Gasteiger partial charge in [-0.25, -0.2) is 14.2 Å². The second-order valence-corrected chi connectivity index (χ2v) is 13.6. The van der Waals surface area contributed by atoms with Crippen molar-refractivity contribution in [1.82, 2.24) is 24.6 Å². The van der Waals surface area contributed by atoms with Crippen molar-refractivity contribution in [2.24, 2.45) is 7.05 Å². The number of aryl methyl sites for hydroxylation is 2. The van der Waals surface area contributed by atoms with Gasteiger partial charge in [-0.15, -0.1) is 0 Å². The quantitative estimate of drug-likeness (QED) is 0.170. The SMILES string of the molecule is C[C@@H](Nc1nc2c(c(N[C@@H](CN3C4CCCC3CCC4)c3cnn(C)c3)n1)C[C@H](c1ccccc1)CC2)c1ccc(C(=O)O)c(F)c1. The number of anilines is 2. The van der Waals surface area contributed by atoms with Gasteiger partial charge in [-0.3, -0.25) is 9.58 Å². The molecule has 1 aliphatic carbocycles. The average Bonchev–Trinajstić information content (AvgIpc) is 3.50. The molecule has 2 bridgehead atoms. The van der Waals surface area contributed by atoms with Crippen molar-refractivity contribution in [2.45, 2.75) is 94.8 Å². The molecule has 2 aromatic carbocycles. The molecule has 47 heavy (non-hydrogen) atoms. The third-order valence-electron chi connectivity index (χ3n) is 10.5. The molecule has 0 amide bonds. The summed E-state index contributed by atoms with van der Waals surface area (Å²) in [7, 11) is 1.96. The van der Waals surface area contributed by atoms with Gasteiger partial charge >= 0.3 is 5.97 Å². The Balaban J connectivity index is 1.23. The van der Waals surface area contributed by atoms with E-state index in [2.05, 4.69) is 57.2 Å². The lowest BCUT2D eigenvalue weighted by Crippen LogP contribution is -2.51. The second-order valence-electron chi connectivity index (χ2n) is 13.6. The van der Waals surface area contributed by atoms with Crippen LogP contribution in [0.3, 0.4) is 0 Å². The summed E-state index contributed by atoms with van der Waals surface area (Å²) in [6, 6.07) is 15.8. The number of fused-ring (bicyclic) bond motifs is 3. The van der Waals surface area contributed by atoms with E-state index in [-0.39, 0.29) is 17.6 Å². The minimum atomic E-state index is -1.28. The molecule has 0 unspecified atom stereocenters. The molecule has 2 saturated heterocycles. The number of hydrogen-bond acceptors (Lipinski definition) is 7. The van der Waals surface area contributed by atoms with Crippen LogP contribution in [0.15, 0.2) is 60.9 Å². The zero-order chi connectivity index (χ0) is 32.5. The number of nitrogens with zero attached hydrogens (tertiary/aromatic N) is 5. The van der Waals surface area contributed by atoms with Crippen LogP contribution in [0.1, 0.15) is 108 Å². The van der Waals surface area contributed by atoms with Gasteiger partial charge in [-0.1, -0.05) is 49.2 Å². The van der Waals surface area contributed by atoms with E-state index >= 15 is 0 Å². The van der Waals surface area contributed by atoms with E-state index < -0.39 is 11.8 Å². The molecule has 2 aromatic heterocycles. The summed E-state index contributed by atoms with van der Waals surface area (Å²) in [4.78, 5) is 24.2. The van der Waals surface area contributed by atoms with Crippen LogP contribution in [-0.2, 0) is 19.9 Å². The Kier molecular flexibility index (Phi) is 8.94. The lowest BCUT2D eigenvalue weighted by Gasteiger charge is -2.47. The number of carboxylic acid groups (broad SMARTS) is 1. The van der Waals surface area contributed by atoms with Gasteiger partial charge in [0.05, 0.1) is 29.5 Å². The Morgan fingerprint density at radius 1 is 1.00 bits per heavy atom. The fraction of sp³-hybridized carbons (Fsp3) is 0.459. The van der Waals surface area contributed by atoms with Crippen LogP contribution in [0.4, 0.5) is 16.2 Å². The first-order chi connectivity index (χ1) is 22.8. The molecule has 3 aliphatic rings. The molecule has 7 rings (SSSR count). The molecule has 246 valence electrons. The maximum Gasteiger partial charge on any atom is 0.338 e. The summed E-state index contributed by atoms with van der Waals surface area (Å²) in [6.07, 6.45) is 14.4. The van der Waals surface area contributed by atoms with Crippen molar-refractivity contribution < 1.29 is 14.3 Å². The number of nitrogens with one attached hydrogen (secondary N) is 2. The predicted octanol–water partition coefficient (Wildman–Crippen LogP) is 7.05. The molecular weight excluding hydrogens is 593 g/mol. The smallest absolute Gasteiger partial charge is 0.338 e. The molecule has 2 fully saturated rings. The van der Waals surface area contributed by atoms with E-state index in [1.807, 2.05) is 24.9 Å². The molecule has 4 heterocycles. The van der Waals surface area contributed by atoms with Gasteiger partial charge in [-0.2, -0.15) is 10.1 Å². The lowest BCUT2D eigenvalue weighted by molar-refractivity contribution is 0.0369. The monoisotopic (exact) mass is 637 g/mol. The van der Waals surface area contributed by atoms with E-state index in [0.29, 0.717) is 29.5 Å². The van der Waals surface area contributed by atoms with E-state index in [1.54, 1.807) is 6.07 Å². The van der Waals surface area contributed by atoms with Crippen molar-refractivity contribution in [3.8, 4) is 0 Å². The highest BCUT2D eigenvalue weighted by molar-refractivity contribution is 5.87. The lowest BCUT2D eigenvalue weighted by atomic mass is 9.82. The molecule has 10 heteroatoms. The normalized spacial score (nSPS) is 22.2.